The van der Waals surface area contributed by atoms with Gasteiger partial charge in [-0.1, -0.05) is 57.9 Å². The first-order chi connectivity index (χ1) is 9.96. The molecular weight excluding hydrogens is 311 g/mol. The van der Waals surface area contributed by atoms with E-state index in [1.165, 1.54) is 50.3 Å². The molecular formula is C16H25NaO4S. The Hall–Kier alpha value is -0.0700. The maximum absolute atomic E-state index is 11.2. The number of unbranched alkanes of at least 4 members (excludes halogenated alkanes) is 7. The minimum atomic E-state index is -4.52. The van der Waals surface area contributed by atoms with Crippen molar-refractivity contribution >= 4 is 10.1 Å². The number of aromatic hydroxyl groups is 1. The van der Waals surface area contributed by atoms with Crippen molar-refractivity contribution in [3.63, 3.8) is 0 Å². The zero-order valence-corrected chi connectivity index (χ0v) is 16.5. The minimum Gasteiger partial charge on any atom is -0.744 e. The number of hydrogen-bond donors (Lipinski definition) is 1. The zero-order valence-electron chi connectivity index (χ0n) is 13.7. The summed E-state index contributed by atoms with van der Waals surface area (Å²) < 4.78 is 33.5. The molecule has 0 bridgehead atoms. The molecule has 0 unspecified atom stereocenters. The summed E-state index contributed by atoms with van der Waals surface area (Å²) in [6.07, 6.45) is 9.52. The van der Waals surface area contributed by atoms with Crippen molar-refractivity contribution in [2.75, 3.05) is 0 Å². The first kappa shape index (κ1) is 21.9. The Labute approximate surface area is 156 Å². The van der Waals surface area contributed by atoms with Gasteiger partial charge in [-0.25, -0.2) is 8.42 Å². The first-order valence-corrected chi connectivity index (χ1v) is 9.14. The van der Waals surface area contributed by atoms with Crippen molar-refractivity contribution in [3.8, 4) is 5.75 Å². The van der Waals surface area contributed by atoms with E-state index in [-0.39, 0.29) is 45.8 Å². The second kappa shape index (κ2) is 11.5. The maximum Gasteiger partial charge on any atom is 1.00 e. The first-order valence-electron chi connectivity index (χ1n) is 7.73. The topological polar surface area (TPSA) is 77.4 Å². The fraction of sp³-hybridized carbons (Fsp3) is 0.625. The van der Waals surface area contributed by atoms with Crippen molar-refractivity contribution in [1.29, 1.82) is 0 Å². The summed E-state index contributed by atoms with van der Waals surface area (Å²) in [7, 11) is -4.52. The Bertz CT molecular complexity index is 529. The van der Waals surface area contributed by atoms with Crippen LogP contribution in [0.4, 0.5) is 0 Å². The molecule has 0 aliphatic heterocycles. The molecule has 0 aliphatic carbocycles. The van der Waals surface area contributed by atoms with Gasteiger partial charge in [-0.15, -0.1) is 0 Å². The van der Waals surface area contributed by atoms with E-state index in [1.54, 1.807) is 0 Å². The Morgan fingerprint density at radius 2 is 1.55 bits per heavy atom. The maximum atomic E-state index is 11.2. The van der Waals surface area contributed by atoms with E-state index in [1.807, 2.05) is 0 Å². The van der Waals surface area contributed by atoms with Crippen molar-refractivity contribution in [2.24, 2.45) is 0 Å². The van der Waals surface area contributed by atoms with Gasteiger partial charge in [0.1, 0.15) is 15.9 Å². The molecule has 120 valence electrons. The predicted molar refractivity (Wildman–Crippen MR) is 82.4 cm³/mol. The zero-order chi connectivity index (χ0) is 15.7. The van der Waals surface area contributed by atoms with Crippen LogP contribution in [0.1, 0.15) is 63.9 Å². The van der Waals surface area contributed by atoms with E-state index < -0.39 is 10.1 Å². The third-order valence-electron chi connectivity index (χ3n) is 3.66. The van der Waals surface area contributed by atoms with Crippen molar-refractivity contribution in [2.45, 2.75) is 69.6 Å². The van der Waals surface area contributed by atoms with Gasteiger partial charge in [-0.3, -0.25) is 0 Å². The molecule has 6 heteroatoms. The molecule has 1 N–H and O–H groups in total. The average molecular weight is 336 g/mol. The fourth-order valence-corrected chi connectivity index (χ4v) is 3.23. The number of benzene rings is 1. The van der Waals surface area contributed by atoms with E-state index in [0.29, 0.717) is 6.42 Å². The van der Waals surface area contributed by atoms with E-state index in [9.17, 15) is 18.1 Å². The van der Waals surface area contributed by atoms with Crippen LogP contribution in [0.25, 0.3) is 0 Å². The molecule has 4 nitrogen and oxygen atoms in total. The third-order valence-corrected chi connectivity index (χ3v) is 4.58. The van der Waals surface area contributed by atoms with Crippen LogP contribution in [0.5, 0.6) is 5.75 Å². The number of rotatable bonds is 10. The van der Waals surface area contributed by atoms with Gasteiger partial charge < -0.3 is 9.66 Å². The van der Waals surface area contributed by atoms with Crippen LogP contribution in [-0.2, 0) is 16.5 Å². The summed E-state index contributed by atoms with van der Waals surface area (Å²) in [6, 6.07) is 4.08. The second-order valence-corrected chi connectivity index (χ2v) is 6.78. The van der Waals surface area contributed by atoms with Crippen LogP contribution < -0.4 is 29.6 Å². The van der Waals surface area contributed by atoms with Crippen molar-refractivity contribution in [3.05, 3.63) is 23.8 Å². The van der Waals surface area contributed by atoms with Gasteiger partial charge in [0, 0.05) is 5.56 Å². The van der Waals surface area contributed by atoms with Crippen LogP contribution in [0.2, 0.25) is 0 Å². The van der Waals surface area contributed by atoms with Crippen LogP contribution in [0.15, 0.2) is 23.1 Å². The van der Waals surface area contributed by atoms with E-state index in [4.69, 9.17) is 0 Å². The average Bonchev–Trinajstić information content (AvgIpc) is 2.42. The van der Waals surface area contributed by atoms with E-state index >= 15 is 0 Å². The van der Waals surface area contributed by atoms with Crippen LogP contribution in [0, 0.1) is 0 Å². The van der Waals surface area contributed by atoms with Gasteiger partial charge in [0.05, 0.1) is 4.90 Å². The van der Waals surface area contributed by atoms with Gasteiger partial charge in [0.2, 0.25) is 0 Å². The smallest absolute Gasteiger partial charge is 0.744 e. The molecule has 1 aromatic rings. The van der Waals surface area contributed by atoms with Crippen molar-refractivity contribution in [1.82, 2.24) is 0 Å². The van der Waals surface area contributed by atoms with Gasteiger partial charge >= 0.3 is 29.6 Å². The van der Waals surface area contributed by atoms with Gasteiger partial charge in [-0.2, -0.15) is 0 Å². The third kappa shape index (κ3) is 7.97. The molecule has 0 spiro atoms. The van der Waals surface area contributed by atoms with Gasteiger partial charge in [0.15, 0.2) is 0 Å². The largest absolute Gasteiger partial charge is 1.00 e. The normalized spacial score (nSPS) is 11.2. The molecule has 0 radical (unpaired) electrons. The standard InChI is InChI=1S/C16H26O4S.Na/c1-2-3-4-5-6-7-8-9-11-14-15(17)12-10-13-16(14)21(18,19)20;/h10,12-13,17H,2-9,11H2,1H3,(H,18,19,20);/q;+1/p-1. The van der Waals surface area contributed by atoms with Crippen LogP contribution >= 0.6 is 0 Å². The molecule has 0 amide bonds. The Morgan fingerprint density at radius 1 is 1.00 bits per heavy atom. The Morgan fingerprint density at radius 3 is 2.09 bits per heavy atom. The molecule has 0 saturated carbocycles. The summed E-state index contributed by atoms with van der Waals surface area (Å²) in [6.45, 7) is 2.19. The van der Waals surface area contributed by atoms with Crippen LogP contribution in [-0.4, -0.2) is 18.1 Å². The molecule has 22 heavy (non-hydrogen) atoms. The van der Waals surface area contributed by atoms with Crippen LogP contribution in [0.3, 0.4) is 0 Å². The summed E-state index contributed by atoms with van der Waals surface area (Å²) >= 11 is 0. The number of phenols is 1. The Kier molecular flexibility index (Phi) is 11.4. The van der Waals surface area contributed by atoms with Gasteiger partial charge in [0.25, 0.3) is 0 Å². The predicted octanol–water partition coefficient (Wildman–Crippen LogP) is 0.983. The fourth-order valence-electron chi connectivity index (χ4n) is 2.48. The minimum absolute atomic E-state index is 0. The Balaban J connectivity index is 0.00000441. The summed E-state index contributed by atoms with van der Waals surface area (Å²) in [5.41, 5.74) is 0.262. The summed E-state index contributed by atoms with van der Waals surface area (Å²) in [5, 5.41) is 9.75. The number of phenolic OH excluding ortho intramolecular Hbond substituents is 1. The summed E-state index contributed by atoms with van der Waals surface area (Å²) in [4.78, 5) is -0.287. The molecule has 1 aromatic carbocycles. The van der Waals surface area contributed by atoms with E-state index in [0.717, 1.165) is 19.3 Å². The van der Waals surface area contributed by atoms with Crippen molar-refractivity contribution < 1.29 is 47.6 Å². The molecule has 0 aromatic heterocycles. The van der Waals surface area contributed by atoms with E-state index in [2.05, 4.69) is 6.92 Å². The molecule has 1 rings (SSSR count). The summed E-state index contributed by atoms with van der Waals surface area (Å²) in [5.74, 6) is -0.102. The quantitative estimate of drug-likeness (QED) is 0.393. The molecule has 0 heterocycles. The molecule has 0 fully saturated rings. The molecule has 0 atom stereocenters. The number of hydrogen-bond acceptors (Lipinski definition) is 4. The van der Waals surface area contributed by atoms with Gasteiger partial charge in [-0.05, 0) is 25.0 Å². The monoisotopic (exact) mass is 336 g/mol. The second-order valence-electron chi connectivity index (χ2n) is 5.43. The molecule has 0 aliphatic rings. The SMILES string of the molecule is CCCCCCCCCCc1c(O)cccc1S(=O)(=O)[O-].[Na+]. The molecule has 0 saturated heterocycles.